The third-order valence-corrected chi connectivity index (χ3v) is 6.09. The van der Waals surface area contributed by atoms with Crippen LogP contribution in [0.2, 0.25) is 0 Å². The predicted molar refractivity (Wildman–Crippen MR) is 147 cm³/mol. The topological polar surface area (TPSA) is 119 Å². The highest BCUT2D eigenvalue weighted by Crippen LogP contribution is 2.29. The van der Waals surface area contributed by atoms with Crippen LogP contribution in [-0.4, -0.2) is 30.3 Å². The molecule has 3 heterocycles. The van der Waals surface area contributed by atoms with E-state index in [9.17, 15) is 9.59 Å². The third-order valence-electron chi connectivity index (χ3n) is 6.09. The number of hydrogen-bond donors (Lipinski definition) is 3. The maximum atomic E-state index is 12.9. The van der Waals surface area contributed by atoms with E-state index in [1.807, 2.05) is 37.3 Å². The van der Waals surface area contributed by atoms with Gasteiger partial charge in [-0.15, -0.1) is 0 Å². The Balaban J connectivity index is 1.32. The lowest BCUT2D eigenvalue weighted by atomic mass is 9.92. The summed E-state index contributed by atoms with van der Waals surface area (Å²) in [6, 6.07) is 18.1. The average molecular weight is 512 g/mol. The lowest BCUT2D eigenvalue weighted by Gasteiger charge is -2.14. The molecule has 0 spiro atoms. The summed E-state index contributed by atoms with van der Waals surface area (Å²) >= 11 is 0. The SMILES string of the molecule is Cc1ccc(-n2nc(C(C)(C)C)cc2NC(=O)Nc2ccc(Oc3ccnc4[nH]c(=O)n(C)c34)cc2)cc1. The summed E-state index contributed by atoms with van der Waals surface area (Å²) in [7, 11) is 1.65. The normalized spacial score (nSPS) is 11.5. The zero-order chi connectivity index (χ0) is 27.0. The van der Waals surface area contributed by atoms with Crippen molar-refractivity contribution in [1.82, 2.24) is 24.3 Å². The minimum atomic E-state index is -0.398. The zero-order valence-electron chi connectivity index (χ0n) is 21.9. The molecule has 0 aliphatic rings. The number of nitrogens with one attached hydrogen (secondary N) is 3. The predicted octanol–water partition coefficient (Wildman–Crippen LogP) is 5.49. The Labute approximate surface area is 219 Å². The number of aromatic nitrogens is 5. The summed E-state index contributed by atoms with van der Waals surface area (Å²) in [5.41, 5.74) is 4.00. The summed E-state index contributed by atoms with van der Waals surface area (Å²) in [5.74, 6) is 1.60. The molecule has 10 nitrogen and oxygen atoms in total. The van der Waals surface area contributed by atoms with Gasteiger partial charge < -0.3 is 10.1 Å². The maximum absolute atomic E-state index is 12.9. The fourth-order valence-corrected chi connectivity index (χ4v) is 3.95. The number of carbonyl (C=O) groups is 1. The van der Waals surface area contributed by atoms with E-state index in [-0.39, 0.29) is 11.1 Å². The van der Waals surface area contributed by atoms with Crippen molar-refractivity contribution in [2.75, 3.05) is 10.6 Å². The number of fused-ring (bicyclic) bond motifs is 1. The summed E-state index contributed by atoms with van der Waals surface area (Å²) in [6.07, 6.45) is 1.57. The van der Waals surface area contributed by atoms with Crippen molar-refractivity contribution in [3.8, 4) is 17.2 Å². The number of rotatable bonds is 5. The van der Waals surface area contributed by atoms with Gasteiger partial charge in [0, 0.05) is 36.5 Å². The van der Waals surface area contributed by atoms with E-state index < -0.39 is 6.03 Å². The number of imidazole rings is 1. The number of amides is 2. The molecule has 0 unspecified atom stereocenters. The molecule has 194 valence electrons. The highest BCUT2D eigenvalue weighted by atomic mass is 16.5. The van der Waals surface area contributed by atoms with Crippen LogP contribution in [0.4, 0.5) is 16.3 Å². The number of pyridine rings is 1. The van der Waals surface area contributed by atoms with Crippen LogP contribution in [-0.2, 0) is 12.5 Å². The van der Waals surface area contributed by atoms with Crippen molar-refractivity contribution < 1.29 is 9.53 Å². The molecule has 3 N–H and O–H groups in total. The Bertz CT molecular complexity index is 1670. The number of ether oxygens (including phenoxy) is 1. The number of anilines is 2. The fraction of sp³-hybridized carbons (Fsp3) is 0.214. The van der Waals surface area contributed by atoms with Gasteiger partial charge in [0.1, 0.15) is 17.1 Å². The minimum absolute atomic E-state index is 0.189. The molecule has 10 heteroatoms. The van der Waals surface area contributed by atoms with Crippen molar-refractivity contribution in [2.45, 2.75) is 33.1 Å². The van der Waals surface area contributed by atoms with Crippen LogP contribution in [0.3, 0.4) is 0 Å². The van der Waals surface area contributed by atoms with Gasteiger partial charge in [-0.3, -0.25) is 14.9 Å². The molecule has 0 saturated carbocycles. The Kier molecular flexibility index (Phi) is 6.23. The first-order chi connectivity index (χ1) is 18.1. The molecule has 3 aromatic heterocycles. The first-order valence-corrected chi connectivity index (χ1v) is 12.2. The molecule has 0 aliphatic heterocycles. The Morgan fingerprint density at radius 3 is 2.39 bits per heavy atom. The first-order valence-electron chi connectivity index (χ1n) is 12.2. The van der Waals surface area contributed by atoms with E-state index in [0.717, 1.165) is 16.9 Å². The monoisotopic (exact) mass is 511 g/mol. The number of urea groups is 1. The fourth-order valence-electron chi connectivity index (χ4n) is 3.95. The van der Waals surface area contributed by atoms with Crippen LogP contribution >= 0.6 is 0 Å². The van der Waals surface area contributed by atoms with Gasteiger partial charge in [-0.1, -0.05) is 38.5 Å². The average Bonchev–Trinajstić information content (AvgIpc) is 3.42. The van der Waals surface area contributed by atoms with Crippen molar-refractivity contribution >= 4 is 28.7 Å². The molecule has 5 aromatic rings. The van der Waals surface area contributed by atoms with Crippen LogP contribution in [0.1, 0.15) is 32.0 Å². The van der Waals surface area contributed by atoms with Gasteiger partial charge in [0.05, 0.1) is 11.4 Å². The Hall–Kier alpha value is -4.86. The summed E-state index contributed by atoms with van der Waals surface area (Å²) in [5, 5.41) is 10.5. The quantitative estimate of drug-likeness (QED) is 0.288. The smallest absolute Gasteiger partial charge is 0.327 e. The van der Waals surface area contributed by atoms with E-state index >= 15 is 0 Å². The van der Waals surface area contributed by atoms with E-state index in [1.54, 1.807) is 48.3 Å². The lowest BCUT2D eigenvalue weighted by molar-refractivity contribution is 0.262. The lowest BCUT2D eigenvalue weighted by Crippen LogP contribution is -2.21. The molecule has 0 bridgehead atoms. The van der Waals surface area contributed by atoms with Crippen LogP contribution in [0.5, 0.6) is 11.5 Å². The number of aromatic amines is 1. The summed E-state index contributed by atoms with van der Waals surface area (Å²) < 4.78 is 9.17. The molecule has 0 radical (unpaired) electrons. The molecule has 0 fully saturated rings. The van der Waals surface area contributed by atoms with Gasteiger partial charge >= 0.3 is 11.7 Å². The van der Waals surface area contributed by atoms with Crippen LogP contribution in [0.25, 0.3) is 16.9 Å². The molecule has 2 aromatic carbocycles. The molecule has 0 aliphatic carbocycles. The van der Waals surface area contributed by atoms with Gasteiger partial charge in [-0.25, -0.2) is 19.3 Å². The molecule has 0 saturated heterocycles. The van der Waals surface area contributed by atoms with Crippen LogP contribution < -0.4 is 21.1 Å². The van der Waals surface area contributed by atoms with Crippen molar-refractivity contribution in [3.05, 3.63) is 88.6 Å². The molecule has 0 atom stereocenters. The van der Waals surface area contributed by atoms with Crippen molar-refractivity contribution in [3.63, 3.8) is 0 Å². The van der Waals surface area contributed by atoms with Crippen LogP contribution in [0.15, 0.2) is 71.7 Å². The second-order valence-electron chi connectivity index (χ2n) is 10.1. The molecule has 38 heavy (non-hydrogen) atoms. The highest BCUT2D eigenvalue weighted by Gasteiger charge is 2.21. The van der Waals surface area contributed by atoms with Crippen molar-refractivity contribution in [2.24, 2.45) is 7.05 Å². The molecule has 2 amide bonds. The van der Waals surface area contributed by atoms with Gasteiger partial charge in [0.2, 0.25) is 0 Å². The van der Waals surface area contributed by atoms with Gasteiger partial charge in [-0.2, -0.15) is 5.10 Å². The molecule has 5 rings (SSSR count). The van der Waals surface area contributed by atoms with Crippen LogP contribution in [0, 0.1) is 6.92 Å². The number of benzene rings is 2. The zero-order valence-corrected chi connectivity index (χ0v) is 21.9. The van der Waals surface area contributed by atoms with E-state index in [1.165, 1.54) is 4.57 Å². The maximum Gasteiger partial charge on any atom is 0.327 e. The molecular formula is C28H29N7O3. The Morgan fingerprint density at radius 1 is 1.00 bits per heavy atom. The van der Waals surface area contributed by atoms with Gasteiger partial charge in [-0.05, 0) is 43.3 Å². The summed E-state index contributed by atoms with van der Waals surface area (Å²) in [4.78, 5) is 31.7. The van der Waals surface area contributed by atoms with Gasteiger partial charge in [0.25, 0.3) is 0 Å². The van der Waals surface area contributed by atoms with Gasteiger partial charge in [0.15, 0.2) is 11.4 Å². The highest BCUT2D eigenvalue weighted by molar-refractivity contribution is 5.99. The number of nitrogens with zero attached hydrogens (tertiary/aromatic N) is 4. The second-order valence-corrected chi connectivity index (χ2v) is 10.1. The first kappa shape index (κ1) is 24.8. The largest absolute Gasteiger partial charge is 0.455 e. The van der Waals surface area contributed by atoms with Crippen molar-refractivity contribution in [1.29, 1.82) is 0 Å². The van der Waals surface area contributed by atoms with E-state index in [0.29, 0.717) is 34.2 Å². The summed E-state index contributed by atoms with van der Waals surface area (Å²) in [6.45, 7) is 8.26. The second kappa shape index (κ2) is 9.55. The van der Waals surface area contributed by atoms with E-state index in [2.05, 4.69) is 41.4 Å². The minimum Gasteiger partial charge on any atom is -0.455 e. The standard InChI is InChI=1S/C28H29N7O3/c1-17-6-10-19(11-7-17)35-23(16-22(33-35)28(2,3)4)31-26(36)30-18-8-12-20(13-9-18)38-21-14-15-29-25-24(21)34(5)27(37)32-25/h6-16H,1-5H3,(H,29,32,37)(H2,30,31,36). The van der Waals surface area contributed by atoms with E-state index in [4.69, 9.17) is 9.84 Å². The number of hydrogen-bond acceptors (Lipinski definition) is 5. The molecular weight excluding hydrogens is 482 g/mol. The number of carbonyl (C=O) groups excluding carboxylic acids is 1. The Morgan fingerprint density at radius 2 is 1.71 bits per heavy atom. The number of aryl methyl sites for hydroxylation is 2. The third kappa shape index (κ3) is 5.01. The number of H-pyrrole nitrogens is 1.